The molecule has 1 saturated carbocycles. The van der Waals surface area contributed by atoms with Crippen LogP contribution in [0.25, 0.3) is 0 Å². The second kappa shape index (κ2) is 8.85. The molecular weight excluding hydrogens is 518 g/mol. The van der Waals surface area contributed by atoms with Crippen molar-refractivity contribution < 1.29 is 16.8 Å². The Kier molecular flexibility index (Phi) is 6.15. The van der Waals surface area contributed by atoms with Gasteiger partial charge < -0.3 is 5.32 Å². The Morgan fingerprint density at radius 1 is 1.15 bits per heavy atom. The maximum Gasteiger partial charge on any atom is 0.244 e. The van der Waals surface area contributed by atoms with Gasteiger partial charge in [-0.05, 0) is 42.9 Å². The van der Waals surface area contributed by atoms with E-state index in [-0.39, 0.29) is 15.8 Å². The standard InChI is InChI=1S/C14H16ClN3O4S2.C7H6N2S/c15-10-5-11-13(6-12(10)23(16,19)20)24(21,22)18-14(17-11)9-4-7-1-2-8(9)3-7;1-2-4-7-6(3-1)5-8-9-10-7/h1-2,5-9,14,17-18H,3-4H2,(H2,16,19,20);1-5,9H. The number of halogens is 1. The van der Waals surface area contributed by atoms with Crippen LogP contribution in [0, 0.1) is 17.8 Å². The van der Waals surface area contributed by atoms with Crippen LogP contribution < -0.4 is 20.0 Å². The summed E-state index contributed by atoms with van der Waals surface area (Å²) in [6.07, 6.45) is 7.66. The first kappa shape index (κ1) is 23.6. The number of hydrogen-bond acceptors (Lipinski definition) is 8. The summed E-state index contributed by atoms with van der Waals surface area (Å²) in [7, 11) is -7.97. The van der Waals surface area contributed by atoms with Gasteiger partial charge in [-0.15, -0.1) is 0 Å². The Labute approximate surface area is 207 Å². The van der Waals surface area contributed by atoms with E-state index in [4.69, 9.17) is 16.7 Å². The van der Waals surface area contributed by atoms with Crippen molar-refractivity contribution in [3.8, 4) is 0 Å². The molecule has 0 saturated heterocycles. The van der Waals surface area contributed by atoms with Gasteiger partial charge in [0.2, 0.25) is 20.0 Å². The van der Waals surface area contributed by atoms with Crippen molar-refractivity contribution in [2.75, 3.05) is 5.32 Å². The zero-order valence-electron chi connectivity index (χ0n) is 17.7. The Morgan fingerprint density at radius 3 is 2.62 bits per heavy atom. The van der Waals surface area contributed by atoms with Gasteiger partial charge in [0.15, 0.2) is 0 Å². The molecule has 13 heteroatoms. The monoisotopic (exact) mass is 539 g/mol. The van der Waals surface area contributed by atoms with Gasteiger partial charge in [-0.25, -0.2) is 26.8 Å². The third-order valence-corrected chi connectivity index (χ3v) is 9.96. The van der Waals surface area contributed by atoms with Crippen molar-refractivity contribution in [1.29, 1.82) is 0 Å². The average molecular weight is 540 g/mol. The minimum atomic E-state index is -4.11. The molecular formula is C21H22ClN5O4S3. The van der Waals surface area contributed by atoms with E-state index in [1.165, 1.54) is 16.5 Å². The second-order valence-corrected chi connectivity index (χ2v) is 12.9. The summed E-state index contributed by atoms with van der Waals surface area (Å²) in [5.74, 6) is 0.997. The number of hydrazone groups is 1. The number of anilines is 1. The normalized spacial score (nSPS) is 27.6. The summed E-state index contributed by atoms with van der Waals surface area (Å²) in [5.41, 5.74) is 1.48. The third-order valence-electron chi connectivity index (χ3n) is 6.31. The second-order valence-electron chi connectivity index (χ2n) is 8.50. The largest absolute Gasteiger partial charge is 0.368 e. The molecule has 4 unspecified atom stereocenters. The first-order valence-electron chi connectivity index (χ1n) is 10.5. The molecule has 1 fully saturated rings. The van der Waals surface area contributed by atoms with Gasteiger partial charge in [0.25, 0.3) is 0 Å². The SMILES string of the molecule is C1=NNSc2ccccc21.NS(=O)(=O)c1cc2c(cc1Cl)NC(C1CC3C=CC1C3)NS2(=O)=O. The molecule has 2 aromatic carbocycles. The van der Waals surface area contributed by atoms with Gasteiger partial charge in [-0.2, -0.15) is 9.82 Å². The van der Waals surface area contributed by atoms with Crippen molar-refractivity contribution in [2.24, 2.45) is 28.0 Å². The summed E-state index contributed by atoms with van der Waals surface area (Å²) in [6.45, 7) is 0. The molecule has 0 spiro atoms. The topological polar surface area (TPSA) is 143 Å². The molecule has 2 aliphatic heterocycles. The van der Waals surface area contributed by atoms with E-state index in [0.717, 1.165) is 18.9 Å². The maximum absolute atomic E-state index is 12.6. The molecule has 0 radical (unpaired) electrons. The lowest BCUT2D eigenvalue weighted by Gasteiger charge is -2.35. The lowest BCUT2D eigenvalue weighted by atomic mass is 9.91. The maximum atomic E-state index is 12.6. The molecule has 9 nitrogen and oxygen atoms in total. The van der Waals surface area contributed by atoms with Crippen molar-refractivity contribution >= 4 is 55.5 Å². The van der Waals surface area contributed by atoms with Gasteiger partial charge in [0.05, 0.1) is 23.1 Å². The van der Waals surface area contributed by atoms with E-state index >= 15 is 0 Å². The first-order chi connectivity index (χ1) is 16.1. The smallest absolute Gasteiger partial charge is 0.244 e. The number of nitrogens with one attached hydrogen (secondary N) is 3. The van der Waals surface area contributed by atoms with Gasteiger partial charge in [0.1, 0.15) is 9.79 Å². The van der Waals surface area contributed by atoms with Crippen LogP contribution in [0.2, 0.25) is 5.02 Å². The predicted octanol–water partition coefficient (Wildman–Crippen LogP) is 2.86. The minimum absolute atomic E-state index is 0.104. The quantitative estimate of drug-likeness (QED) is 0.339. The lowest BCUT2D eigenvalue weighted by molar-refractivity contribution is 0.363. The van der Waals surface area contributed by atoms with Crippen LogP contribution in [0.3, 0.4) is 0 Å². The summed E-state index contributed by atoms with van der Waals surface area (Å²) in [5, 5.41) is 12.0. The number of sulfonamides is 2. The fourth-order valence-electron chi connectivity index (χ4n) is 4.77. The van der Waals surface area contributed by atoms with E-state index in [0.29, 0.717) is 17.5 Å². The van der Waals surface area contributed by atoms with E-state index in [1.54, 1.807) is 11.9 Å². The third kappa shape index (κ3) is 4.58. The number of hydrogen-bond donors (Lipinski definition) is 4. The minimum Gasteiger partial charge on any atom is -0.368 e. The number of fused-ring (bicyclic) bond motifs is 4. The van der Waals surface area contributed by atoms with Crippen molar-refractivity contribution in [3.05, 3.63) is 59.1 Å². The number of nitrogens with zero attached hydrogens (tertiary/aromatic N) is 1. The van der Waals surface area contributed by atoms with Crippen molar-refractivity contribution in [1.82, 2.24) is 9.55 Å². The van der Waals surface area contributed by atoms with Crippen LogP contribution in [0.5, 0.6) is 0 Å². The Hall–Kier alpha value is -2.09. The van der Waals surface area contributed by atoms with Crippen LogP contribution >= 0.6 is 23.5 Å². The zero-order chi connectivity index (χ0) is 24.1. The highest BCUT2D eigenvalue weighted by Gasteiger charge is 2.44. The fraction of sp³-hybridized carbons (Fsp3) is 0.286. The molecule has 6 rings (SSSR count). The van der Waals surface area contributed by atoms with Gasteiger partial charge in [0, 0.05) is 28.3 Å². The Bertz CT molecular complexity index is 1410. The first-order valence-corrected chi connectivity index (χ1v) is 14.7. The van der Waals surface area contributed by atoms with Crippen LogP contribution in [-0.2, 0) is 20.0 Å². The van der Waals surface area contributed by atoms with Gasteiger partial charge in [-0.1, -0.05) is 42.0 Å². The number of benzene rings is 2. The molecule has 34 heavy (non-hydrogen) atoms. The van der Waals surface area contributed by atoms with Gasteiger partial charge in [-0.3, -0.25) is 0 Å². The number of primary sulfonamides is 1. The van der Waals surface area contributed by atoms with Crippen molar-refractivity contribution in [3.63, 3.8) is 0 Å². The molecule has 2 bridgehead atoms. The molecule has 180 valence electrons. The van der Waals surface area contributed by atoms with Crippen LogP contribution in [0.4, 0.5) is 5.69 Å². The van der Waals surface area contributed by atoms with Crippen molar-refractivity contribution in [2.45, 2.75) is 33.7 Å². The molecule has 4 atom stereocenters. The summed E-state index contributed by atoms with van der Waals surface area (Å²) in [4.78, 5) is 3.49. The molecule has 5 N–H and O–H groups in total. The van der Waals surface area contributed by atoms with Gasteiger partial charge >= 0.3 is 0 Å². The highest BCUT2D eigenvalue weighted by atomic mass is 35.5. The highest BCUT2D eigenvalue weighted by Crippen LogP contribution is 2.46. The molecule has 0 aromatic heterocycles. The number of rotatable bonds is 2. The Balaban J connectivity index is 0.000000200. The summed E-state index contributed by atoms with van der Waals surface area (Å²) >= 11 is 7.52. The molecule has 0 amide bonds. The predicted molar refractivity (Wildman–Crippen MR) is 132 cm³/mol. The van der Waals surface area contributed by atoms with E-state index in [1.807, 2.05) is 24.4 Å². The average Bonchev–Trinajstić information content (AvgIpc) is 3.42. The number of allylic oxidation sites excluding steroid dienone is 2. The van der Waals surface area contributed by atoms with E-state index in [2.05, 4.69) is 38.2 Å². The molecule has 2 aromatic rings. The molecule has 4 aliphatic rings. The number of nitrogens with two attached hydrogens (primary N) is 1. The highest BCUT2D eigenvalue weighted by molar-refractivity contribution is 7.97. The fourth-order valence-corrected chi connectivity index (χ4v) is 7.91. The Morgan fingerprint density at radius 2 is 1.94 bits per heavy atom. The summed E-state index contributed by atoms with van der Waals surface area (Å²) < 4.78 is 50.9. The van der Waals surface area contributed by atoms with Crippen LogP contribution in [0.1, 0.15) is 18.4 Å². The van der Waals surface area contributed by atoms with Crippen LogP contribution in [-0.4, -0.2) is 29.2 Å². The van der Waals surface area contributed by atoms with E-state index in [9.17, 15) is 16.8 Å². The zero-order valence-corrected chi connectivity index (χ0v) is 20.9. The molecule has 2 heterocycles. The lowest BCUT2D eigenvalue weighted by Crippen LogP contribution is -2.50. The summed E-state index contributed by atoms with van der Waals surface area (Å²) in [6, 6.07) is 10.5. The molecule has 2 aliphatic carbocycles. The van der Waals surface area contributed by atoms with E-state index < -0.39 is 31.1 Å². The van der Waals surface area contributed by atoms with Crippen LogP contribution in [0.15, 0.2) is 68.3 Å².